The van der Waals surface area contributed by atoms with Gasteiger partial charge < -0.3 is 4.74 Å². The van der Waals surface area contributed by atoms with Crippen molar-refractivity contribution < 1.29 is 9.53 Å². The molecule has 2 nitrogen and oxygen atoms in total. The molecule has 1 atom stereocenters. The van der Waals surface area contributed by atoms with Crippen molar-refractivity contribution in [1.82, 2.24) is 0 Å². The van der Waals surface area contributed by atoms with E-state index in [1.807, 2.05) is 22.7 Å². The van der Waals surface area contributed by atoms with Crippen LogP contribution in [0.25, 0.3) is 47.1 Å². The molecular formula is C32H28O2S2. The number of thiophene rings is 2. The topological polar surface area (TPSA) is 26.3 Å². The van der Waals surface area contributed by atoms with Crippen molar-refractivity contribution in [1.29, 1.82) is 0 Å². The van der Waals surface area contributed by atoms with Crippen LogP contribution in [0.4, 0.5) is 0 Å². The second kappa shape index (κ2) is 10.0. The molecule has 0 bridgehead atoms. The maximum Gasteiger partial charge on any atom is 0.306 e. The molecule has 2 heterocycles. The smallest absolute Gasteiger partial charge is 0.306 e. The van der Waals surface area contributed by atoms with Gasteiger partial charge in [-0.3, -0.25) is 4.79 Å². The van der Waals surface area contributed by atoms with E-state index in [0.717, 1.165) is 36.8 Å². The van der Waals surface area contributed by atoms with Crippen molar-refractivity contribution in [3.63, 3.8) is 0 Å². The van der Waals surface area contributed by atoms with Gasteiger partial charge in [-0.25, -0.2) is 0 Å². The Bertz CT molecular complexity index is 1560. The highest BCUT2D eigenvalue weighted by molar-refractivity contribution is 7.31. The monoisotopic (exact) mass is 508 g/mol. The van der Waals surface area contributed by atoms with E-state index in [4.69, 9.17) is 4.74 Å². The summed E-state index contributed by atoms with van der Waals surface area (Å²) in [5.41, 5.74) is 4.76. The summed E-state index contributed by atoms with van der Waals surface area (Å²) in [5, 5.41) is 2.55. The lowest BCUT2D eigenvalue weighted by Crippen LogP contribution is -2.13. The number of carbonyl (C=O) groups excluding carboxylic acids is 1. The lowest BCUT2D eigenvalue weighted by molar-refractivity contribution is -0.149. The number of unbranched alkanes of at least 4 members (excludes halogenated alkanes) is 2. The molecule has 1 aliphatic rings. The van der Waals surface area contributed by atoms with Gasteiger partial charge in [0.2, 0.25) is 0 Å². The molecule has 3 aromatic carbocycles. The summed E-state index contributed by atoms with van der Waals surface area (Å²) in [4.78, 5) is 14.9. The first-order chi connectivity index (χ1) is 17.7. The lowest BCUT2D eigenvalue weighted by atomic mass is 9.92. The van der Waals surface area contributed by atoms with Crippen LogP contribution < -0.4 is 0 Å². The zero-order valence-corrected chi connectivity index (χ0v) is 22.0. The Morgan fingerprint density at radius 1 is 0.861 bits per heavy atom. The Labute approximate surface area is 219 Å². The van der Waals surface area contributed by atoms with Gasteiger partial charge in [0.25, 0.3) is 0 Å². The molecule has 180 valence electrons. The number of hydrogen-bond donors (Lipinski definition) is 0. The predicted octanol–water partition coefficient (Wildman–Crippen LogP) is 10.0. The summed E-state index contributed by atoms with van der Waals surface area (Å²) in [6, 6.07) is 26.4. The van der Waals surface area contributed by atoms with E-state index in [0.29, 0.717) is 6.42 Å². The highest BCUT2D eigenvalue weighted by Crippen LogP contribution is 2.43. The van der Waals surface area contributed by atoms with E-state index in [9.17, 15) is 4.79 Å². The molecule has 0 radical (unpaired) electrons. The minimum Gasteiger partial charge on any atom is -0.457 e. The van der Waals surface area contributed by atoms with E-state index in [-0.39, 0.29) is 12.1 Å². The molecule has 1 aliphatic carbocycles. The Morgan fingerprint density at radius 2 is 1.58 bits per heavy atom. The second-order valence-electron chi connectivity index (χ2n) is 9.43. The number of ether oxygens (including phenoxy) is 1. The zero-order chi connectivity index (χ0) is 24.5. The summed E-state index contributed by atoms with van der Waals surface area (Å²) in [6.07, 6.45) is 8.45. The fourth-order valence-corrected chi connectivity index (χ4v) is 7.31. The molecule has 1 unspecified atom stereocenters. The van der Waals surface area contributed by atoms with Crippen molar-refractivity contribution in [2.75, 3.05) is 0 Å². The maximum atomic E-state index is 12.3. The van der Waals surface area contributed by atoms with E-state index in [1.54, 1.807) is 0 Å². The first-order valence-corrected chi connectivity index (χ1v) is 14.3. The zero-order valence-electron chi connectivity index (χ0n) is 20.3. The summed E-state index contributed by atoms with van der Waals surface area (Å²) in [6.45, 7) is 2.14. The van der Waals surface area contributed by atoms with Crippen molar-refractivity contribution in [2.45, 2.75) is 45.1 Å². The first-order valence-electron chi connectivity index (χ1n) is 12.7. The molecule has 0 spiro atoms. The van der Waals surface area contributed by atoms with Crippen LogP contribution in [0, 0.1) is 0 Å². The molecule has 6 rings (SSSR count). The summed E-state index contributed by atoms with van der Waals surface area (Å²) < 4.78 is 8.49. The van der Waals surface area contributed by atoms with Crippen LogP contribution in [0.5, 0.6) is 0 Å². The van der Waals surface area contributed by atoms with Crippen molar-refractivity contribution >= 4 is 54.9 Å². The minimum atomic E-state index is -0.176. The van der Waals surface area contributed by atoms with Crippen LogP contribution in [0.15, 0.2) is 78.9 Å². The molecule has 36 heavy (non-hydrogen) atoms. The molecule has 0 aliphatic heterocycles. The van der Waals surface area contributed by atoms with Crippen LogP contribution in [0.1, 0.15) is 56.3 Å². The van der Waals surface area contributed by atoms with Crippen LogP contribution in [0.3, 0.4) is 0 Å². The van der Waals surface area contributed by atoms with Crippen molar-refractivity contribution in [3.8, 4) is 20.9 Å². The predicted molar refractivity (Wildman–Crippen MR) is 155 cm³/mol. The minimum absolute atomic E-state index is 0.0838. The maximum absolute atomic E-state index is 12.3. The van der Waals surface area contributed by atoms with Crippen molar-refractivity contribution in [3.05, 3.63) is 90.0 Å². The van der Waals surface area contributed by atoms with Crippen LogP contribution >= 0.6 is 22.7 Å². The third-order valence-corrected chi connectivity index (χ3v) is 9.26. The summed E-state index contributed by atoms with van der Waals surface area (Å²) >= 11 is 3.70. The van der Waals surface area contributed by atoms with Gasteiger partial charge in [-0.2, -0.15) is 0 Å². The standard InChI is InChI=1S/C32H28O2S2/c1-2-3-4-12-32(33)34-27-11-7-10-23-18-25(15-16-26(23)27)29-20-31-30(36-29)19-28(35-31)24-14-13-21-8-5-6-9-22(21)17-24/h5-10,13-20,27H,2-4,11-12H2,1H3. The average molecular weight is 509 g/mol. The van der Waals surface area contributed by atoms with Gasteiger partial charge in [-0.15, -0.1) is 22.7 Å². The second-order valence-corrected chi connectivity index (χ2v) is 11.6. The lowest BCUT2D eigenvalue weighted by Gasteiger charge is -2.22. The highest BCUT2D eigenvalue weighted by atomic mass is 32.1. The van der Waals surface area contributed by atoms with Gasteiger partial charge in [-0.05, 0) is 58.1 Å². The van der Waals surface area contributed by atoms with Crippen LogP contribution in [0.2, 0.25) is 0 Å². The highest BCUT2D eigenvalue weighted by Gasteiger charge is 2.21. The summed E-state index contributed by atoms with van der Waals surface area (Å²) in [7, 11) is 0. The fraction of sp³-hybridized carbons (Fsp3) is 0.219. The largest absolute Gasteiger partial charge is 0.457 e. The summed E-state index contributed by atoms with van der Waals surface area (Å²) in [5.74, 6) is -0.0838. The molecule has 4 heteroatoms. The molecular weight excluding hydrogens is 480 g/mol. The third-order valence-electron chi connectivity index (χ3n) is 6.86. The molecule has 0 fully saturated rings. The quantitative estimate of drug-likeness (QED) is 0.161. The van der Waals surface area contributed by atoms with Crippen LogP contribution in [-0.2, 0) is 9.53 Å². The van der Waals surface area contributed by atoms with Gasteiger partial charge >= 0.3 is 5.97 Å². The van der Waals surface area contributed by atoms with E-state index in [1.165, 1.54) is 41.1 Å². The number of benzene rings is 3. The van der Waals surface area contributed by atoms with Gasteiger partial charge in [0.15, 0.2) is 0 Å². The van der Waals surface area contributed by atoms with E-state index in [2.05, 4.69) is 91.9 Å². The number of fused-ring (bicyclic) bond motifs is 3. The normalized spacial score (nSPS) is 14.9. The Kier molecular flexibility index (Phi) is 6.47. The number of esters is 1. The Hall–Kier alpha value is -3.21. The average Bonchev–Trinajstić information content (AvgIpc) is 3.48. The van der Waals surface area contributed by atoms with Gasteiger partial charge in [0.05, 0.1) is 0 Å². The first kappa shape index (κ1) is 23.2. The fourth-order valence-electron chi connectivity index (χ4n) is 4.92. The van der Waals surface area contributed by atoms with Gasteiger partial charge in [0, 0.05) is 37.6 Å². The third kappa shape index (κ3) is 4.63. The van der Waals surface area contributed by atoms with E-state index < -0.39 is 0 Å². The Balaban J connectivity index is 1.23. The molecule has 0 saturated carbocycles. The molecule has 0 amide bonds. The van der Waals surface area contributed by atoms with Crippen LogP contribution in [-0.4, -0.2) is 5.97 Å². The van der Waals surface area contributed by atoms with Crippen molar-refractivity contribution in [2.24, 2.45) is 0 Å². The molecule has 5 aromatic rings. The van der Waals surface area contributed by atoms with E-state index >= 15 is 0 Å². The number of hydrogen-bond acceptors (Lipinski definition) is 4. The van der Waals surface area contributed by atoms with Gasteiger partial charge in [0.1, 0.15) is 6.10 Å². The number of rotatable bonds is 7. The molecule has 2 aromatic heterocycles. The SMILES string of the molecule is CCCCCC(=O)OC1CC=Cc2cc(-c3cc4sc(-c5ccc6ccccc6c5)cc4s3)ccc21. The number of carbonyl (C=O) groups is 1. The molecule has 0 saturated heterocycles. The molecule has 0 N–H and O–H groups in total. The van der Waals surface area contributed by atoms with Gasteiger partial charge in [-0.1, -0.05) is 80.4 Å². The Morgan fingerprint density at radius 3 is 2.36 bits per heavy atom.